The Morgan fingerprint density at radius 1 is 0.692 bits per heavy atom. The molecule has 1 aliphatic rings. The van der Waals surface area contributed by atoms with Crippen LogP contribution in [0.1, 0.15) is 12.6 Å². The third kappa shape index (κ3) is 0.919. The average Bonchev–Trinajstić information content (AvgIpc) is 2.56. The molecule has 0 atom stereocenters. The Kier molecular flexibility index (Phi) is 1.31. The largest absolute Gasteiger partial charge is 0.0619 e. The van der Waals surface area contributed by atoms with E-state index in [0.717, 1.165) is 6.42 Å². The predicted molar refractivity (Wildman–Crippen MR) is 56.8 cm³/mol. The van der Waals surface area contributed by atoms with Gasteiger partial charge in [-0.3, -0.25) is 0 Å². The predicted octanol–water partition coefficient (Wildman–Crippen LogP) is 3.50. The number of benzene rings is 2. The second-order valence-electron chi connectivity index (χ2n) is 3.49. The zero-order valence-corrected chi connectivity index (χ0v) is 7.33. The van der Waals surface area contributed by atoms with Gasteiger partial charge in [0.1, 0.15) is 0 Å². The summed E-state index contributed by atoms with van der Waals surface area (Å²) in [6, 6.07) is 17.3. The Bertz CT molecular complexity index is 417. The molecule has 0 amide bonds. The van der Waals surface area contributed by atoms with E-state index in [-0.39, 0.29) is 1.43 Å². The van der Waals surface area contributed by atoms with E-state index in [2.05, 4.69) is 48.5 Å². The highest BCUT2D eigenvalue weighted by Gasteiger charge is 2.15. The van der Waals surface area contributed by atoms with E-state index in [4.69, 9.17) is 0 Å². The van der Waals surface area contributed by atoms with E-state index in [1.165, 1.54) is 22.3 Å². The molecule has 0 saturated carbocycles. The van der Waals surface area contributed by atoms with Crippen LogP contribution in [0, 0.1) is 0 Å². The van der Waals surface area contributed by atoms with Gasteiger partial charge in [0.15, 0.2) is 0 Å². The zero-order chi connectivity index (χ0) is 8.67. The second kappa shape index (κ2) is 2.46. The first kappa shape index (κ1) is 6.90. The third-order valence-electron chi connectivity index (χ3n) is 2.71. The second-order valence-corrected chi connectivity index (χ2v) is 3.49. The van der Waals surface area contributed by atoms with Gasteiger partial charge >= 0.3 is 0 Å². The summed E-state index contributed by atoms with van der Waals surface area (Å²) < 4.78 is 0. The molecule has 0 N–H and O–H groups in total. The van der Waals surface area contributed by atoms with Crippen molar-refractivity contribution in [1.29, 1.82) is 0 Å². The molecule has 0 fully saturated rings. The fraction of sp³-hybridized carbons (Fsp3) is 0.0769. The monoisotopic (exact) mass is 168 g/mol. The first-order chi connectivity index (χ1) is 6.45. The van der Waals surface area contributed by atoms with Gasteiger partial charge in [-0.1, -0.05) is 48.5 Å². The molecule has 0 nitrogen and oxygen atoms in total. The Labute approximate surface area is 79.3 Å². The van der Waals surface area contributed by atoms with E-state index in [1.807, 2.05) is 0 Å². The molecule has 0 bridgehead atoms. The third-order valence-corrected chi connectivity index (χ3v) is 2.71. The summed E-state index contributed by atoms with van der Waals surface area (Å²) in [5, 5.41) is 0. The van der Waals surface area contributed by atoms with Crippen LogP contribution in [0.2, 0.25) is 0 Å². The van der Waals surface area contributed by atoms with Gasteiger partial charge in [-0.25, -0.2) is 0 Å². The number of fused-ring (bicyclic) bond motifs is 3. The van der Waals surface area contributed by atoms with Crippen LogP contribution in [-0.4, -0.2) is 0 Å². The van der Waals surface area contributed by atoms with Gasteiger partial charge in [0, 0.05) is 1.43 Å². The number of hydrogen-bond donors (Lipinski definition) is 0. The van der Waals surface area contributed by atoms with Gasteiger partial charge in [0.25, 0.3) is 0 Å². The van der Waals surface area contributed by atoms with Gasteiger partial charge in [-0.2, -0.15) is 0 Å². The molecule has 1 aliphatic carbocycles. The molecule has 0 aliphatic heterocycles. The van der Waals surface area contributed by atoms with Gasteiger partial charge in [0.05, 0.1) is 0 Å². The Morgan fingerprint density at radius 3 is 1.69 bits per heavy atom. The van der Waals surface area contributed by atoms with Crippen molar-refractivity contribution in [3.05, 3.63) is 59.7 Å². The van der Waals surface area contributed by atoms with Crippen molar-refractivity contribution in [3.8, 4) is 11.1 Å². The molecule has 0 radical (unpaired) electrons. The molecule has 2 aromatic rings. The highest BCUT2D eigenvalue weighted by atomic mass is 14.2. The van der Waals surface area contributed by atoms with Crippen LogP contribution in [0.25, 0.3) is 11.1 Å². The lowest BCUT2D eigenvalue weighted by Gasteiger charge is -1.98. The van der Waals surface area contributed by atoms with Gasteiger partial charge < -0.3 is 0 Å². The quantitative estimate of drug-likeness (QED) is 0.482. The lowest BCUT2D eigenvalue weighted by Crippen LogP contribution is -1.77. The molecule has 2 aromatic carbocycles. The maximum Gasteiger partial charge on any atom is 0 e. The lowest BCUT2D eigenvalue weighted by atomic mass is 10.1. The molecule has 0 heteroatoms. The Balaban J connectivity index is 0.000000750. The fourth-order valence-electron chi connectivity index (χ4n) is 2.08. The van der Waals surface area contributed by atoms with E-state index in [9.17, 15) is 0 Å². The average molecular weight is 168 g/mol. The van der Waals surface area contributed by atoms with Crippen molar-refractivity contribution in [2.45, 2.75) is 6.42 Å². The summed E-state index contributed by atoms with van der Waals surface area (Å²) >= 11 is 0. The van der Waals surface area contributed by atoms with Gasteiger partial charge in [-0.05, 0) is 28.7 Å². The van der Waals surface area contributed by atoms with Crippen LogP contribution in [0.5, 0.6) is 0 Å². The highest BCUT2D eigenvalue weighted by Crippen LogP contribution is 2.35. The molecule has 3 rings (SSSR count). The van der Waals surface area contributed by atoms with E-state index in [1.54, 1.807) is 0 Å². The van der Waals surface area contributed by atoms with Crippen LogP contribution in [0.3, 0.4) is 0 Å². The number of rotatable bonds is 0. The van der Waals surface area contributed by atoms with Crippen LogP contribution in [0.15, 0.2) is 48.5 Å². The number of hydrogen-bond acceptors (Lipinski definition) is 0. The van der Waals surface area contributed by atoms with Crippen molar-refractivity contribution in [3.63, 3.8) is 0 Å². The van der Waals surface area contributed by atoms with Crippen LogP contribution >= 0.6 is 0 Å². The molecule has 0 unspecified atom stereocenters. The van der Waals surface area contributed by atoms with Crippen LogP contribution < -0.4 is 0 Å². The zero-order valence-electron chi connectivity index (χ0n) is 7.33. The van der Waals surface area contributed by atoms with Gasteiger partial charge in [-0.15, -0.1) is 0 Å². The summed E-state index contributed by atoms with van der Waals surface area (Å²) in [5.74, 6) is 0. The maximum absolute atomic E-state index is 2.22. The maximum atomic E-state index is 2.22. The molecule has 64 valence electrons. The van der Waals surface area contributed by atoms with Crippen molar-refractivity contribution < 1.29 is 1.43 Å². The van der Waals surface area contributed by atoms with Crippen molar-refractivity contribution in [2.75, 3.05) is 0 Å². The minimum atomic E-state index is 0. The Morgan fingerprint density at radius 2 is 1.15 bits per heavy atom. The fourth-order valence-corrected chi connectivity index (χ4v) is 2.08. The summed E-state index contributed by atoms with van der Waals surface area (Å²) in [7, 11) is 0. The highest BCUT2D eigenvalue weighted by molar-refractivity contribution is 5.76. The lowest BCUT2D eigenvalue weighted by molar-refractivity contribution is 1.26. The van der Waals surface area contributed by atoms with Crippen LogP contribution in [0.4, 0.5) is 0 Å². The van der Waals surface area contributed by atoms with Crippen LogP contribution in [-0.2, 0) is 6.42 Å². The van der Waals surface area contributed by atoms with E-state index < -0.39 is 0 Å². The van der Waals surface area contributed by atoms with E-state index >= 15 is 0 Å². The van der Waals surface area contributed by atoms with Crippen molar-refractivity contribution >= 4 is 0 Å². The minimum absolute atomic E-state index is 0. The summed E-state index contributed by atoms with van der Waals surface area (Å²) in [4.78, 5) is 0. The van der Waals surface area contributed by atoms with Gasteiger partial charge in [0.2, 0.25) is 0 Å². The topological polar surface area (TPSA) is 0 Å². The molecule has 13 heavy (non-hydrogen) atoms. The molecular weight excluding hydrogens is 156 g/mol. The van der Waals surface area contributed by atoms with E-state index in [0.29, 0.717) is 0 Å². The normalized spacial score (nSPS) is 12.3. The molecule has 0 aromatic heterocycles. The minimum Gasteiger partial charge on any atom is -0.0619 e. The first-order valence-corrected chi connectivity index (χ1v) is 4.61. The SMILES string of the molecule is [HH].c1ccc2c(c1)Cc1ccccc1-2. The molecular formula is C13H12. The standard InChI is InChI=1S/C13H10.H2/c1-3-7-12-10(5-1)9-11-6-2-4-8-13(11)12;/h1-8H,9H2;1H. The molecule has 0 spiro atoms. The van der Waals surface area contributed by atoms with Crippen molar-refractivity contribution in [1.82, 2.24) is 0 Å². The van der Waals surface area contributed by atoms with Crippen molar-refractivity contribution in [2.24, 2.45) is 0 Å². The smallest absolute Gasteiger partial charge is 0 e. The summed E-state index contributed by atoms with van der Waals surface area (Å²) in [6.45, 7) is 0. The summed E-state index contributed by atoms with van der Waals surface area (Å²) in [5.41, 5.74) is 5.75. The summed E-state index contributed by atoms with van der Waals surface area (Å²) in [6.07, 6.45) is 1.10. The Hall–Kier alpha value is -1.56. The first-order valence-electron chi connectivity index (χ1n) is 4.61. The molecule has 0 saturated heterocycles. The molecule has 0 heterocycles.